The number of anilines is 1. The lowest BCUT2D eigenvalue weighted by Gasteiger charge is -2.21. The Bertz CT molecular complexity index is 472. The number of hydrogen-bond acceptors (Lipinski definition) is 4. The second kappa shape index (κ2) is 4.91. The third kappa shape index (κ3) is 2.25. The van der Waals surface area contributed by atoms with Gasteiger partial charge in [-0.25, -0.2) is 0 Å². The van der Waals surface area contributed by atoms with Crippen LogP contribution >= 0.6 is 11.8 Å². The molecular formula is C13H16N2O2S. The summed E-state index contributed by atoms with van der Waals surface area (Å²) in [6, 6.07) is 5.53. The topological polar surface area (TPSA) is 64.4 Å². The molecule has 2 heterocycles. The van der Waals surface area contributed by atoms with Crippen molar-refractivity contribution in [2.24, 2.45) is 5.73 Å². The molecule has 4 nitrogen and oxygen atoms in total. The Morgan fingerprint density at radius 1 is 1.33 bits per heavy atom. The van der Waals surface area contributed by atoms with Gasteiger partial charge in [-0.1, -0.05) is 6.07 Å². The van der Waals surface area contributed by atoms with Gasteiger partial charge in [-0.15, -0.1) is 11.8 Å². The first-order valence-electron chi connectivity index (χ1n) is 6.19. The zero-order valence-corrected chi connectivity index (χ0v) is 10.8. The summed E-state index contributed by atoms with van der Waals surface area (Å²) in [6.07, 6.45) is 2.18. The van der Waals surface area contributed by atoms with Crippen molar-refractivity contribution < 1.29 is 9.53 Å². The number of thioether (sulfide) groups is 1. The predicted octanol–water partition coefficient (Wildman–Crippen LogP) is 1.91. The van der Waals surface area contributed by atoms with Crippen LogP contribution in [0.4, 0.5) is 5.69 Å². The molecule has 1 atom stereocenters. The number of fused-ring (bicyclic) bond motifs is 1. The zero-order valence-electron chi connectivity index (χ0n) is 10.0. The minimum atomic E-state index is -0.512. The van der Waals surface area contributed by atoms with Gasteiger partial charge in [-0.2, -0.15) is 0 Å². The number of rotatable bonds is 2. The van der Waals surface area contributed by atoms with E-state index in [1.807, 2.05) is 23.9 Å². The third-order valence-corrected chi connectivity index (χ3v) is 4.70. The first kappa shape index (κ1) is 12.0. The van der Waals surface area contributed by atoms with E-state index in [4.69, 9.17) is 10.5 Å². The smallest absolute Gasteiger partial charge is 0.245 e. The van der Waals surface area contributed by atoms with E-state index in [1.54, 1.807) is 0 Å². The van der Waals surface area contributed by atoms with Crippen molar-refractivity contribution in [3.05, 3.63) is 23.8 Å². The van der Waals surface area contributed by atoms with Crippen molar-refractivity contribution in [3.63, 3.8) is 0 Å². The van der Waals surface area contributed by atoms with Crippen molar-refractivity contribution in [2.75, 3.05) is 18.5 Å². The van der Waals surface area contributed by atoms with E-state index in [9.17, 15) is 4.79 Å². The Labute approximate surface area is 110 Å². The molecule has 2 aliphatic heterocycles. The Morgan fingerprint density at radius 2 is 2.11 bits per heavy atom. The van der Waals surface area contributed by atoms with Crippen LogP contribution in [0.1, 0.15) is 24.4 Å². The van der Waals surface area contributed by atoms with E-state index < -0.39 is 6.04 Å². The largest absolute Gasteiger partial charge is 0.381 e. The van der Waals surface area contributed by atoms with Crippen LogP contribution in [-0.2, 0) is 9.53 Å². The molecule has 1 saturated heterocycles. The highest BCUT2D eigenvalue weighted by Gasteiger charge is 2.27. The lowest BCUT2D eigenvalue weighted by molar-refractivity contribution is -0.116. The lowest BCUT2D eigenvalue weighted by Crippen LogP contribution is -2.19. The van der Waals surface area contributed by atoms with Crippen molar-refractivity contribution in [1.29, 1.82) is 0 Å². The maximum absolute atomic E-state index is 11.5. The average Bonchev–Trinajstić information content (AvgIpc) is 2.66. The van der Waals surface area contributed by atoms with Crippen LogP contribution in [0.3, 0.4) is 0 Å². The number of carbonyl (C=O) groups is 1. The van der Waals surface area contributed by atoms with Gasteiger partial charge in [0.05, 0.1) is 0 Å². The summed E-state index contributed by atoms with van der Waals surface area (Å²) < 4.78 is 5.35. The van der Waals surface area contributed by atoms with Crippen LogP contribution in [0, 0.1) is 0 Å². The molecule has 1 fully saturated rings. The monoisotopic (exact) mass is 264 g/mol. The SMILES string of the molecule is NC1C(=O)Nc2cc(SC3CCOCC3)ccc21. The fourth-order valence-corrected chi connectivity index (χ4v) is 3.47. The Hall–Kier alpha value is -1.04. The molecule has 1 aromatic rings. The van der Waals surface area contributed by atoms with Gasteiger partial charge in [0.15, 0.2) is 0 Å². The Kier molecular flexibility index (Phi) is 3.28. The second-order valence-electron chi connectivity index (χ2n) is 4.65. The van der Waals surface area contributed by atoms with Crippen molar-refractivity contribution in [3.8, 4) is 0 Å². The molecule has 96 valence electrons. The third-order valence-electron chi connectivity index (χ3n) is 3.37. The van der Waals surface area contributed by atoms with Crippen LogP contribution in [0.5, 0.6) is 0 Å². The zero-order chi connectivity index (χ0) is 12.5. The number of carbonyl (C=O) groups excluding carboxylic acids is 1. The highest BCUT2D eigenvalue weighted by Crippen LogP contribution is 2.36. The minimum Gasteiger partial charge on any atom is -0.381 e. The molecular weight excluding hydrogens is 248 g/mol. The van der Waals surface area contributed by atoms with Crippen LogP contribution in [0.2, 0.25) is 0 Å². The molecule has 2 aliphatic rings. The highest BCUT2D eigenvalue weighted by molar-refractivity contribution is 8.00. The summed E-state index contributed by atoms with van der Waals surface area (Å²) in [5.41, 5.74) is 7.55. The number of nitrogens with one attached hydrogen (secondary N) is 1. The van der Waals surface area contributed by atoms with E-state index in [0.29, 0.717) is 5.25 Å². The molecule has 0 radical (unpaired) electrons. The van der Waals surface area contributed by atoms with Gasteiger partial charge in [0.2, 0.25) is 5.91 Å². The van der Waals surface area contributed by atoms with Gasteiger partial charge in [-0.05, 0) is 25.0 Å². The van der Waals surface area contributed by atoms with Crippen molar-refractivity contribution in [2.45, 2.75) is 29.0 Å². The molecule has 18 heavy (non-hydrogen) atoms. The number of hydrogen-bond donors (Lipinski definition) is 2. The molecule has 3 rings (SSSR count). The molecule has 5 heteroatoms. The normalized spacial score (nSPS) is 23.8. The van der Waals surface area contributed by atoms with Crippen molar-refractivity contribution in [1.82, 2.24) is 0 Å². The van der Waals surface area contributed by atoms with Gasteiger partial charge in [0.1, 0.15) is 6.04 Å². The van der Waals surface area contributed by atoms with Gasteiger partial charge in [0, 0.05) is 34.6 Å². The van der Waals surface area contributed by atoms with E-state index in [-0.39, 0.29) is 5.91 Å². The first-order chi connectivity index (χ1) is 8.74. The summed E-state index contributed by atoms with van der Waals surface area (Å²) in [6.45, 7) is 1.70. The van der Waals surface area contributed by atoms with Gasteiger partial charge < -0.3 is 15.8 Å². The number of ether oxygens (including phenoxy) is 1. The fraction of sp³-hybridized carbons (Fsp3) is 0.462. The molecule has 1 unspecified atom stereocenters. The van der Waals surface area contributed by atoms with Gasteiger partial charge in [0.25, 0.3) is 0 Å². The fourth-order valence-electron chi connectivity index (χ4n) is 2.33. The average molecular weight is 264 g/mol. The summed E-state index contributed by atoms with van der Waals surface area (Å²) >= 11 is 1.86. The molecule has 1 amide bonds. The summed E-state index contributed by atoms with van der Waals surface area (Å²) in [5, 5.41) is 3.44. The van der Waals surface area contributed by atoms with Crippen LogP contribution in [0.15, 0.2) is 23.1 Å². The molecule has 0 aromatic heterocycles. The van der Waals surface area contributed by atoms with Crippen LogP contribution in [0.25, 0.3) is 0 Å². The molecule has 0 bridgehead atoms. The van der Waals surface area contributed by atoms with Gasteiger partial charge in [-0.3, -0.25) is 4.79 Å². The molecule has 1 aromatic carbocycles. The van der Waals surface area contributed by atoms with E-state index in [0.717, 1.165) is 37.3 Å². The van der Waals surface area contributed by atoms with E-state index in [1.165, 1.54) is 4.90 Å². The number of benzene rings is 1. The summed E-state index contributed by atoms with van der Waals surface area (Å²) in [7, 11) is 0. The van der Waals surface area contributed by atoms with Crippen molar-refractivity contribution >= 4 is 23.4 Å². The molecule has 0 spiro atoms. The van der Waals surface area contributed by atoms with Gasteiger partial charge >= 0.3 is 0 Å². The lowest BCUT2D eigenvalue weighted by atomic mass is 10.1. The Morgan fingerprint density at radius 3 is 2.89 bits per heavy atom. The quantitative estimate of drug-likeness (QED) is 0.856. The maximum Gasteiger partial charge on any atom is 0.245 e. The number of amides is 1. The molecule has 3 N–H and O–H groups in total. The van der Waals surface area contributed by atoms with Crippen LogP contribution < -0.4 is 11.1 Å². The van der Waals surface area contributed by atoms with E-state index in [2.05, 4.69) is 11.4 Å². The van der Waals surface area contributed by atoms with Crippen LogP contribution in [-0.4, -0.2) is 24.4 Å². The summed E-state index contributed by atoms with van der Waals surface area (Å²) in [5.74, 6) is -0.113. The predicted molar refractivity (Wildman–Crippen MR) is 71.7 cm³/mol. The first-order valence-corrected chi connectivity index (χ1v) is 7.07. The molecule has 0 aliphatic carbocycles. The minimum absolute atomic E-state index is 0.113. The Balaban J connectivity index is 1.75. The summed E-state index contributed by atoms with van der Waals surface area (Å²) in [4.78, 5) is 12.7. The highest BCUT2D eigenvalue weighted by atomic mass is 32.2. The molecule has 0 saturated carbocycles. The van der Waals surface area contributed by atoms with E-state index >= 15 is 0 Å². The maximum atomic E-state index is 11.5. The standard InChI is InChI=1S/C13H16N2O2S/c14-12-10-2-1-9(7-11(10)15-13(12)16)18-8-3-5-17-6-4-8/h1-2,7-8,12H,3-6,14H2,(H,15,16). The second-order valence-corrected chi connectivity index (χ2v) is 6.02. The number of nitrogens with two attached hydrogens (primary N) is 1.